The van der Waals surface area contributed by atoms with Crippen LogP contribution in [0.15, 0.2) is 0 Å². The van der Waals surface area contributed by atoms with Crippen LogP contribution in [0.3, 0.4) is 0 Å². The predicted molar refractivity (Wildman–Crippen MR) is 64.0 cm³/mol. The summed E-state index contributed by atoms with van der Waals surface area (Å²) in [6.45, 7) is 11.5. The second kappa shape index (κ2) is 8.08. The van der Waals surface area contributed by atoms with Crippen LogP contribution in [-0.2, 0) is 4.74 Å². The van der Waals surface area contributed by atoms with E-state index in [1.54, 1.807) is 0 Å². The Kier molecular flexibility index (Phi) is 8.02. The average molecular weight is 217 g/mol. The van der Waals surface area contributed by atoms with Gasteiger partial charge in [0.05, 0.1) is 18.8 Å². The summed E-state index contributed by atoms with van der Waals surface area (Å²) in [5.74, 6) is 0.605. The summed E-state index contributed by atoms with van der Waals surface area (Å²) in [7, 11) is 0. The fourth-order valence-electron chi connectivity index (χ4n) is 1.50. The quantitative estimate of drug-likeness (QED) is 0.651. The van der Waals surface area contributed by atoms with Crippen molar-refractivity contribution in [2.24, 2.45) is 5.92 Å². The van der Waals surface area contributed by atoms with Gasteiger partial charge in [-0.05, 0) is 26.2 Å². The lowest BCUT2D eigenvalue weighted by Crippen LogP contribution is -2.40. The Bertz CT molecular complexity index is 149. The standard InChI is InChI=1S/C12H27NO2/c1-6-12(9(2)3)13-7-11(14)8-15-10(4)5/h9-14H,6-8H2,1-5H3. The molecule has 0 saturated carbocycles. The van der Waals surface area contributed by atoms with Gasteiger partial charge in [0.1, 0.15) is 0 Å². The van der Waals surface area contributed by atoms with Crippen LogP contribution < -0.4 is 5.32 Å². The van der Waals surface area contributed by atoms with Gasteiger partial charge in [0, 0.05) is 12.6 Å². The van der Waals surface area contributed by atoms with E-state index in [2.05, 4.69) is 26.1 Å². The van der Waals surface area contributed by atoms with E-state index in [4.69, 9.17) is 4.74 Å². The van der Waals surface area contributed by atoms with Crippen LogP contribution in [0.2, 0.25) is 0 Å². The highest BCUT2D eigenvalue weighted by molar-refractivity contribution is 4.70. The van der Waals surface area contributed by atoms with E-state index < -0.39 is 6.10 Å². The maximum Gasteiger partial charge on any atom is 0.0897 e. The Labute approximate surface area is 94.2 Å². The first-order valence-electron chi connectivity index (χ1n) is 6.00. The molecule has 2 N–H and O–H groups in total. The minimum Gasteiger partial charge on any atom is -0.389 e. The molecular formula is C12H27NO2. The number of aliphatic hydroxyl groups excluding tert-OH is 1. The lowest BCUT2D eigenvalue weighted by Gasteiger charge is -2.23. The molecule has 0 spiro atoms. The molecule has 0 rings (SSSR count). The molecule has 0 amide bonds. The zero-order valence-corrected chi connectivity index (χ0v) is 10.8. The van der Waals surface area contributed by atoms with E-state index in [-0.39, 0.29) is 6.10 Å². The predicted octanol–water partition coefficient (Wildman–Crippen LogP) is 1.80. The molecule has 0 aromatic heterocycles. The molecule has 0 aliphatic heterocycles. The molecule has 2 atom stereocenters. The Hall–Kier alpha value is -0.120. The normalized spacial score (nSPS) is 16.0. The van der Waals surface area contributed by atoms with Crippen molar-refractivity contribution in [3.05, 3.63) is 0 Å². The highest BCUT2D eigenvalue weighted by Crippen LogP contribution is 2.05. The molecule has 92 valence electrons. The highest BCUT2D eigenvalue weighted by atomic mass is 16.5. The van der Waals surface area contributed by atoms with Gasteiger partial charge in [-0.15, -0.1) is 0 Å². The van der Waals surface area contributed by atoms with Crippen LogP contribution in [0.25, 0.3) is 0 Å². The summed E-state index contributed by atoms with van der Waals surface area (Å²) in [4.78, 5) is 0. The van der Waals surface area contributed by atoms with E-state index in [0.717, 1.165) is 6.42 Å². The molecule has 0 heterocycles. The number of hydrogen-bond acceptors (Lipinski definition) is 3. The minimum absolute atomic E-state index is 0.187. The van der Waals surface area contributed by atoms with E-state index >= 15 is 0 Å². The van der Waals surface area contributed by atoms with Crippen molar-refractivity contribution < 1.29 is 9.84 Å². The van der Waals surface area contributed by atoms with Crippen LogP contribution >= 0.6 is 0 Å². The smallest absolute Gasteiger partial charge is 0.0897 e. The summed E-state index contributed by atoms with van der Waals surface area (Å²) >= 11 is 0. The number of hydrogen-bond donors (Lipinski definition) is 2. The van der Waals surface area contributed by atoms with Crippen molar-refractivity contribution in [3.63, 3.8) is 0 Å². The van der Waals surface area contributed by atoms with Crippen LogP contribution in [0, 0.1) is 5.92 Å². The third-order valence-corrected chi connectivity index (χ3v) is 2.48. The first kappa shape index (κ1) is 14.9. The van der Waals surface area contributed by atoms with Gasteiger partial charge in [0.2, 0.25) is 0 Å². The summed E-state index contributed by atoms with van der Waals surface area (Å²) < 4.78 is 5.34. The van der Waals surface area contributed by atoms with Gasteiger partial charge in [-0.1, -0.05) is 20.8 Å². The topological polar surface area (TPSA) is 41.5 Å². The van der Waals surface area contributed by atoms with Gasteiger partial charge in [0.25, 0.3) is 0 Å². The van der Waals surface area contributed by atoms with Crippen LogP contribution in [0.1, 0.15) is 41.0 Å². The second-order valence-corrected chi connectivity index (χ2v) is 4.70. The molecule has 2 unspecified atom stereocenters. The van der Waals surface area contributed by atoms with Crippen molar-refractivity contribution in [2.75, 3.05) is 13.2 Å². The molecule has 0 bridgehead atoms. The lowest BCUT2D eigenvalue weighted by molar-refractivity contribution is 0.00487. The maximum atomic E-state index is 9.64. The average Bonchev–Trinajstić information content (AvgIpc) is 2.15. The zero-order chi connectivity index (χ0) is 11.8. The highest BCUT2D eigenvalue weighted by Gasteiger charge is 2.12. The molecular weight excluding hydrogens is 190 g/mol. The van der Waals surface area contributed by atoms with Crippen LogP contribution in [-0.4, -0.2) is 36.5 Å². The van der Waals surface area contributed by atoms with Crippen molar-refractivity contribution in [1.82, 2.24) is 5.32 Å². The van der Waals surface area contributed by atoms with E-state index in [9.17, 15) is 5.11 Å². The Morgan fingerprint density at radius 3 is 2.20 bits per heavy atom. The Morgan fingerprint density at radius 2 is 1.80 bits per heavy atom. The monoisotopic (exact) mass is 217 g/mol. The van der Waals surface area contributed by atoms with Crippen molar-refractivity contribution >= 4 is 0 Å². The Balaban J connectivity index is 3.63. The molecule has 3 heteroatoms. The zero-order valence-electron chi connectivity index (χ0n) is 10.8. The molecule has 3 nitrogen and oxygen atoms in total. The number of aliphatic hydroxyl groups is 1. The number of ether oxygens (including phenoxy) is 1. The van der Waals surface area contributed by atoms with Gasteiger partial charge in [-0.2, -0.15) is 0 Å². The third-order valence-electron chi connectivity index (χ3n) is 2.48. The Morgan fingerprint density at radius 1 is 1.20 bits per heavy atom. The van der Waals surface area contributed by atoms with Crippen molar-refractivity contribution in [3.8, 4) is 0 Å². The first-order chi connectivity index (χ1) is 6.97. The molecule has 0 aromatic rings. The van der Waals surface area contributed by atoms with Crippen molar-refractivity contribution in [1.29, 1.82) is 0 Å². The molecule has 0 fully saturated rings. The summed E-state index contributed by atoms with van der Waals surface area (Å²) in [5, 5.41) is 13.0. The van der Waals surface area contributed by atoms with Crippen LogP contribution in [0.5, 0.6) is 0 Å². The number of nitrogens with one attached hydrogen (secondary N) is 1. The molecule has 0 saturated heterocycles. The van der Waals surface area contributed by atoms with Crippen molar-refractivity contribution in [2.45, 2.75) is 59.3 Å². The summed E-state index contributed by atoms with van der Waals surface area (Å²) in [5.41, 5.74) is 0. The first-order valence-corrected chi connectivity index (χ1v) is 6.00. The largest absolute Gasteiger partial charge is 0.389 e. The minimum atomic E-state index is -0.403. The number of rotatable bonds is 8. The molecule has 15 heavy (non-hydrogen) atoms. The fraction of sp³-hybridized carbons (Fsp3) is 1.00. The van der Waals surface area contributed by atoms with Crippen LogP contribution in [0.4, 0.5) is 0 Å². The van der Waals surface area contributed by atoms with E-state index in [1.165, 1.54) is 0 Å². The molecule has 0 aliphatic carbocycles. The molecule has 0 radical (unpaired) electrons. The lowest BCUT2D eigenvalue weighted by atomic mass is 10.0. The maximum absolute atomic E-state index is 9.64. The van der Waals surface area contributed by atoms with Gasteiger partial charge >= 0.3 is 0 Å². The van der Waals surface area contributed by atoms with Gasteiger partial charge < -0.3 is 15.2 Å². The van der Waals surface area contributed by atoms with E-state index in [1.807, 2.05) is 13.8 Å². The van der Waals surface area contributed by atoms with Gasteiger partial charge in [-0.3, -0.25) is 0 Å². The fourth-order valence-corrected chi connectivity index (χ4v) is 1.50. The molecule has 0 aromatic carbocycles. The van der Waals surface area contributed by atoms with Gasteiger partial charge in [-0.25, -0.2) is 0 Å². The second-order valence-electron chi connectivity index (χ2n) is 4.70. The summed E-state index contributed by atoms with van der Waals surface area (Å²) in [6.07, 6.45) is 0.877. The SMILES string of the molecule is CCC(NCC(O)COC(C)C)C(C)C. The third kappa shape index (κ3) is 7.77. The van der Waals surface area contributed by atoms with Gasteiger partial charge in [0.15, 0.2) is 0 Å². The molecule has 0 aliphatic rings. The van der Waals surface area contributed by atoms with E-state index in [0.29, 0.717) is 25.1 Å². The summed E-state index contributed by atoms with van der Waals surface area (Å²) in [6, 6.07) is 0.485.